The minimum Gasteiger partial charge on any atom is -0.480 e. The molecule has 0 radical (unpaired) electrons. The Kier molecular flexibility index (Phi) is 8.32. The van der Waals surface area contributed by atoms with Crippen LogP contribution in [0.5, 0.6) is 0 Å². The summed E-state index contributed by atoms with van der Waals surface area (Å²) < 4.78 is -0.164. The molecule has 1 aromatic carbocycles. The number of thioether (sulfide) groups is 1. The third-order valence-electron chi connectivity index (χ3n) is 5.68. The molecule has 1 N–H and O–H groups in total. The Morgan fingerprint density at radius 1 is 1.03 bits per heavy atom. The fourth-order valence-electron chi connectivity index (χ4n) is 3.42. The van der Waals surface area contributed by atoms with E-state index in [2.05, 4.69) is 50.0 Å². The van der Waals surface area contributed by atoms with Gasteiger partial charge in [-0.25, -0.2) is 15.0 Å². The van der Waals surface area contributed by atoms with Gasteiger partial charge in [0.1, 0.15) is 4.75 Å². The van der Waals surface area contributed by atoms with Gasteiger partial charge in [0.25, 0.3) is 0 Å². The number of aryl methyl sites for hydroxylation is 1. The minimum absolute atomic E-state index is 0.616. The monoisotopic (exact) mass is 519 g/mol. The van der Waals surface area contributed by atoms with E-state index in [0.29, 0.717) is 25.5 Å². The van der Waals surface area contributed by atoms with Crippen molar-refractivity contribution in [1.29, 1.82) is 0 Å². The summed E-state index contributed by atoms with van der Waals surface area (Å²) in [5.74, 6) is -0.189. The maximum absolute atomic E-state index is 11.5. The highest BCUT2D eigenvalue weighted by atomic mass is 32.2. The average molecular weight is 520 g/mol. The summed E-state index contributed by atoms with van der Waals surface area (Å²) in [5.41, 5.74) is 5.11. The molecule has 4 aromatic rings. The Morgan fingerprint density at radius 3 is 2.39 bits per heavy atom. The van der Waals surface area contributed by atoms with E-state index in [1.54, 1.807) is 13.8 Å². The van der Waals surface area contributed by atoms with E-state index in [4.69, 9.17) is 0 Å². The first kappa shape index (κ1) is 25.8. The molecule has 0 fully saturated rings. The van der Waals surface area contributed by atoms with Gasteiger partial charge in [0.2, 0.25) is 5.95 Å². The summed E-state index contributed by atoms with van der Waals surface area (Å²) in [7, 11) is 0. The molecule has 0 aliphatic carbocycles. The van der Waals surface area contributed by atoms with Gasteiger partial charge in [-0.05, 0) is 37.5 Å². The summed E-state index contributed by atoms with van der Waals surface area (Å²) in [4.78, 5) is 32.1. The molecule has 0 spiro atoms. The molecule has 4 rings (SSSR count). The molecule has 0 unspecified atom stereocenters. The van der Waals surface area contributed by atoms with Crippen LogP contribution in [-0.2, 0) is 24.2 Å². The Balaban J connectivity index is 1.48. The number of aromatic nitrogens is 4. The van der Waals surface area contributed by atoms with Crippen molar-refractivity contribution in [3.8, 4) is 11.3 Å². The molecule has 3 aromatic heterocycles. The fourth-order valence-corrected chi connectivity index (χ4v) is 5.65. The van der Waals surface area contributed by atoms with Crippen molar-refractivity contribution < 1.29 is 9.90 Å². The van der Waals surface area contributed by atoms with Crippen molar-refractivity contribution in [3.05, 3.63) is 83.3 Å². The first-order chi connectivity index (χ1) is 17.3. The third kappa shape index (κ3) is 6.67. The molecule has 0 atom stereocenters. The lowest BCUT2D eigenvalue weighted by Crippen LogP contribution is -2.27. The van der Waals surface area contributed by atoms with E-state index in [1.807, 2.05) is 48.2 Å². The van der Waals surface area contributed by atoms with Crippen LogP contribution in [0.4, 0.5) is 5.95 Å². The predicted molar refractivity (Wildman–Crippen MR) is 146 cm³/mol. The molecule has 7 nitrogen and oxygen atoms in total. The van der Waals surface area contributed by atoms with Crippen molar-refractivity contribution in [1.82, 2.24) is 19.9 Å². The average Bonchev–Trinajstić information content (AvgIpc) is 3.34. The molecule has 0 bridgehead atoms. The zero-order valence-electron chi connectivity index (χ0n) is 20.6. The van der Waals surface area contributed by atoms with Crippen LogP contribution in [0, 0.1) is 0 Å². The van der Waals surface area contributed by atoms with Gasteiger partial charge in [0.15, 0.2) is 4.34 Å². The van der Waals surface area contributed by atoms with Crippen LogP contribution in [0.3, 0.4) is 0 Å². The first-order valence-corrected chi connectivity index (χ1v) is 13.5. The standard InChI is InChI=1S/C27H29N5O2S2/c1-4-19-14-29-25(30-15-19)32(13-12-22-18-35-26(31-22)36-27(2,3)24(33)34)17-20-10-11-23(28-16-20)21-8-6-5-7-9-21/h5-11,14-16,18H,4,12-13,17H2,1-3H3,(H,33,34). The van der Waals surface area contributed by atoms with Crippen molar-refractivity contribution in [3.63, 3.8) is 0 Å². The van der Waals surface area contributed by atoms with E-state index in [9.17, 15) is 9.90 Å². The van der Waals surface area contributed by atoms with Crippen LogP contribution in [-0.4, -0.2) is 42.3 Å². The van der Waals surface area contributed by atoms with Crippen LogP contribution in [0.2, 0.25) is 0 Å². The van der Waals surface area contributed by atoms with Crippen molar-refractivity contribution >= 4 is 35.0 Å². The van der Waals surface area contributed by atoms with Crippen LogP contribution < -0.4 is 4.90 Å². The molecule has 0 aliphatic heterocycles. The van der Waals surface area contributed by atoms with E-state index in [0.717, 1.165) is 38.8 Å². The van der Waals surface area contributed by atoms with Crippen molar-refractivity contribution in [2.45, 2.75) is 49.2 Å². The van der Waals surface area contributed by atoms with E-state index in [-0.39, 0.29) is 0 Å². The maximum Gasteiger partial charge on any atom is 0.319 e. The zero-order chi connectivity index (χ0) is 25.5. The number of nitrogens with zero attached hydrogens (tertiary/aromatic N) is 5. The predicted octanol–water partition coefficient (Wildman–Crippen LogP) is 5.76. The minimum atomic E-state index is -0.922. The van der Waals surface area contributed by atoms with Gasteiger partial charge >= 0.3 is 5.97 Å². The number of carboxylic acid groups (broad SMARTS) is 1. The Bertz CT molecular complexity index is 1280. The number of benzene rings is 1. The lowest BCUT2D eigenvalue weighted by molar-refractivity contribution is -0.138. The number of anilines is 1. The Morgan fingerprint density at radius 2 is 1.75 bits per heavy atom. The van der Waals surface area contributed by atoms with Crippen molar-refractivity contribution in [2.75, 3.05) is 11.4 Å². The van der Waals surface area contributed by atoms with Crippen LogP contribution in [0.1, 0.15) is 37.6 Å². The molecule has 36 heavy (non-hydrogen) atoms. The Hall–Kier alpha value is -3.30. The topological polar surface area (TPSA) is 92.1 Å². The molecule has 186 valence electrons. The zero-order valence-corrected chi connectivity index (χ0v) is 22.2. The molecule has 3 heterocycles. The maximum atomic E-state index is 11.5. The summed E-state index contributed by atoms with van der Waals surface area (Å²) in [6.45, 7) is 6.75. The number of aliphatic carboxylic acids is 1. The fraction of sp³-hybridized carbons (Fsp3) is 0.296. The SMILES string of the molecule is CCc1cnc(N(CCc2csc(SC(C)(C)C(=O)O)n2)Cc2ccc(-c3ccccc3)nc2)nc1. The quantitative estimate of drug-likeness (QED) is 0.250. The number of carboxylic acids is 1. The van der Waals surface area contributed by atoms with Gasteiger partial charge in [-0.3, -0.25) is 9.78 Å². The molecule has 0 saturated carbocycles. The lowest BCUT2D eigenvalue weighted by Gasteiger charge is -2.22. The molecule has 0 saturated heterocycles. The van der Waals surface area contributed by atoms with Crippen LogP contribution >= 0.6 is 23.1 Å². The van der Waals surface area contributed by atoms with Gasteiger partial charge in [0, 0.05) is 49.0 Å². The number of carbonyl (C=O) groups is 1. The van der Waals surface area contributed by atoms with E-state index in [1.165, 1.54) is 23.1 Å². The highest BCUT2D eigenvalue weighted by molar-refractivity contribution is 8.03. The van der Waals surface area contributed by atoms with Crippen LogP contribution in [0.25, 0.3) is 11.3 Å². The van der Waals surface area contributed by atoms with Crippen molar-refractivity contribution in [2.24, 2.45) is 0 Å². The second-order valence-electron chi connectivity index (χ2n) is 8.86. The second kappa shape index (κ2) is 11.6. The van der Waals surface area contributed by atoms with Gasteiger partial charge in [-0.2, -0.15) is 0 Å². The smallest absolute Gasteiger partial charge is 0.319 e. The number of pyridine rings is 1. The highest BCUT2D eigenvalue weighted by Crippen LogP contribution is 2.34. The number of hydrogen-bond donors (Lipinski definition) is 1. The van der Waals surface area contributed by atoms with Gasteiger partial charge < -0.3 is 10.0 Å². The highest BCUT2D eigenvalue weighted by Gasteiger charge is 2.29. The second-order valence-corrected chi connectivity index (χ2v) is 11.6. The molecular formula is C27H29N5O2S2. The molecule has 9 heteroatoms. The summed E-state index contributed by atoms with van der Waals surface area (Å²) in [6, 6.07) is 14.2. The number of thiazole rings is 1. The van der Waals surface area contributed by atoms with Gasteiger partial charge in [-0.1, -0.05) is 55.1 Å². The summed E-state index contributed by atoms with van der Waals surface area (Å²) >= 11 is 2.75. The summed E-state index contributed by atoms with van der Waals surface area (Å²) in [5, 5.41) is 11.4. The van der Waals surface area contributed by atoms with Gasteiger partial charge in [0.05, 0.1) is 11.4 Å². The number of rotatable bonds is 11. The van der Waals surface area contributed by atoms with Gasteiger partial charge in [-0.15, -0.1) is 11.3 Å². The normalized spacial score (nSPS) is 11.4. The first-order valence-electron chi connectivity index (χ1n) is 11.8. The van der Waals surface area contributed by atoms with E-state index >= 15 is 0 Å². The molecule has 0 aliphatic rings. The third-order valence-corrected chi connectivity index (χ3v) is 7.85. The Labute approximate surface area is 219 Å². The van der Waals surface area contributed by atoms with E-state index < -0.39 is 10.7 Å². The largest absolute Gasteiger partial charge is 0.480 e. The lowest BCUT2D eigenvalue weighted by atomic mass is 10.1. The molecule has 0 amide bonds. The molecular weight excluding hydrogens is 490 g/mol. The summed E-state index contributed by atoms with van der Waals surface area (Å²) in [6.07, 6.45) is 7.23. The number of hydrogen-bond acceptors (Lipinski definition) is 8. The van der Waals surface area contributed by atoms with Crippen LogP contribution in [0.15, 0.2) is 70.8 Å².